The summed E-state index contributed by atoms with van der Waals surface area (Å²) in [6.07, 6.45) is 1.27. The zero-order valence-corrected chi connectivity index (χ0v) is 10.8. The minimum atomic E-state index is 0.537. The van der Waals surface area contributed by atoms with Crippen molar-refractivity contribution in [3.63, 3.8) is 0 Å². The van der Waals surface area contributed by atoms with Crippen molar-refractivity contribution in [2.24, 2.45) is 5.16 Å². The number of halogens is 1. The maximum Gasteiger partial charge on any atom is 0.149 e. The average molecular weight is 327 g/mol. The van der Waals surface area contributed by atoms with Crippen molar-refractivity contribution < 1.29 is 9.62 Å². The lowest BCUT2D eigenvalue weighted by Crippen LogP contribution is -1.82. The fourth-order valence-corrected chi connectivity index (χ4v) is 2.17. The van der Waals surface area contributed by atoms with Crippen LogP contribution in [0.5, 0.6) is 0 Å². The second-order valence-electron chi connectivity index (χ2n) is 3.41. The summed E-state index contributed by atoms with van der Waals surface area (Å²) in [5, 5.41) is 11.3. The lowest BCUT2D eigenvalue weighted by molar-refractivity contribution is 0.321. The van der Waals surface area contributed by atoms with E-state index in [-0.39, 0.29) is 0 Å². The zero-order chi connectivity index (χ0) is 11.5. The van der Waals surface area contributed by atoms with Crippen LogP contribution >= 0.6 is 22.6 Å². The molecule has 0 unspecified atom stereocenters. The highest BCUT2D eigenvalue weighted by Gasteiger charge is 2.06. The molecular weight excluding hydrogens is 317 g/mol. The van der Waals surface area contributed by atoms with Crippen molar-refractivity contribution >= 4 is 28.8 Å². The summed E-state index contributed by atoms with van der Waals surface area (Å²) in [5.41, 5.74) is 2.21. The molecule has 1 N–H and O–H groups in total. The summed E-state index contributed by atoms with van der Waals surface area (Å²) >= 11 is 2.28. The molecule has 0 bridgehead atoms. The Morgan fingerprint density at radius 2 is 2.12 bits per heavy atom. The summed E-state index contributed by atoms with van der Waals surface area (Å²) < 4.78 is 6.72. The Bertz CT molecular complexity index is 532. The van der Waals surface area contributed by atoms with E-state index in [0.717, 1.165) is 16.9 Å². The third-order valence-electron chi connectivity index (χ3n) is 2.27. The van der Waals surface area contributed by atoms with E-state index in [9.17, 15) is 0 Å². The van der Waals surface area contributed by atoms with Crippen LogP contribution in [0.15, 0.2) is 39.9 Å². The van der Waals surface area contributed by atoms with E-state index < -0.39 is 0 Å². The van der Waals surface area contributed by atoms with Gasteiger partial charge in [0.1, 0.15) is 17.7 Å². The van der Waals surface area contributed by atoms with E-state index in [1.807, 2.05) is 25.1 Å². The van der Waals surface area contributed by atoms with Gasteiger partial charge < -0.3 is 9.62 Å². The Morgan fingerprint density at radius 1 is 1.31 bits per heavy atom. The van der Waals surface area contributed by atoms with Crippen molar-refractivity contribution in [2.75, 3.05) is 0 Å². The molecule has 1 aromatic carbocycles. The van der Waals surface area contributed by atoms with Crippen molar-refractivity contribution in [3.05, 3.63) is 45.2 Å². The molecule has 2 aromatic rings. The van der Waals surface area contributed by atoms with Gasteiger partial charge in [-0.1, -0.05) is 5.16 Å². The van der Waals surface area contributed by atoms with E-state index in [4.69, 9.17) is 9.62 Å². The van der Waals surface area contributed by atoms with Gasteiger partial charge in [0.05, 0.1) is 0 Å². The number of oxime groups is 1. The van der Waals surface area contributed by atoms with Crippen LogP contribution in [0.3, 0.4) is 0 Å². The molecule has 2 rings (SSSR count). The van der Waals surface area contributed by atoms with Gasteiger partial charge in [0, 0.05) is 9.13 Å². The normalized spacial score (nSPS) is 11.1. The molecule has 0 fully saturated rings. The number of hydrogen-bond acceptors (Lipinski definition) is 3. The van der Waals surface area contributed by atoms with E-state index in [2.05, 4.69) is 33.8 Å². The van der Waals surface area contributed by atoms with E-state index >= 15 is 0 Å². The van der Waals surface area contributed by atoms with Gasteiger partial charge in [0.2, 0.25) is 0 Å². The molecule has 1 aromatic heterocycles. The lowest BCUT2D eigenvalue weighted by Gasteiger charge is -2.02. The van der Waals surface area contributed by atoms with Crippen LogP contribution in [0.4, 0.5) is 0 Å². The number of rotatable bonds is 2. The largest absolute Gasteiger partial charge is 0.455 e. The van der Waals surface area contributed by atoms with Crippen LogP contribution in [0.1, 0.15) is 11.3 Å². The molecule has 0 amide bonds. The number of nitrogens with zero attached hydrogens (tertiary/aromatic N) is 1. The molecule has 0 aliphatic rings. The maximum atomic E-state index is 8.40. The molecule has 0 aliphatic heterocycles. The molecule has 0 saturated carbocycles. The number of hydrogen-bond donors (Lipinski definition) is 1. The minimum Gasteiger partial charge on any atom is -0.455 e. The SMILES string of the molecule is Cc1cc(I)ccc1-c1ccc(/C=N/O)o1. The monoisotopic (exact) mass is 327 g/mol. The van der Waals surface area contributed by atoms with Crippen LogP contribution in [0.25, 0.3) is 11.3 Å². The zero-order valence-electron chi connectivity index (χ0n) is 8.64. The van der Waals surface area contributed by atoms with E-state index in [0.29, 0.717) is 5.76 Å². The Labute approximate surface area is 107 Å². The number of furan rings is 1. The predicted octanol–water partition coefficient (Wildman–Crippen LogP) is 3.67. The molecule has 4 heteroatoms. The molecule has 0 spiro atoms. The first-order valence-corrected chi connectivity index (χ1v) is 5.82. The van der Waals surface area contributed by atoms with Crippen LogP contribution in [0.2, 0.25) is 0 Å². The Balaban J connectivity index is 2.42. The Hall–Kier alpha value is -1.30. The summed E-state index contributed by atoms with van der Waals surface area (Å²) in [7, 11) is 0. The highest BCUT2D eigenvalue weighted by Crippen LogP contribution is 2.26. The van der Waals surface area contributed by atoms with Gasteiger partial charge in [0.15, 0.2) is 0 Å². The molecular formula is C12H10INO2. The van der Waals surface area contributed by atoms with Gasteiger partial charge in [-0.3, -0.25) is 0 Å². The Morgan fingerprint density at radius 3 is 2.81 bits per heavy atom. The molecule has 0 saturated heterocycles. The van der Waals surface area contributed by atoms with E-state index in [1.165, 1.54) is 9.78 Å². The van der Waals surface area contributed by atoms with Crippen molar-refractivity contribution in [2.45, 2.75) is 6.92 Å². The first kappa shape index (κ1) is 11.2. The van der Waals surface area contributed by atoms with Gasteiger partial charge in [-0.15, -0.1) is 0 Å². The first-order valence-electron chi connectivity index (χ1n) is 4.74. The van der Waals surface area contributed by atoms with Gasteiger partial charge in [-0.2, -0.15) is 0 Å². The van der Waals surface area contributed by atoms with Crippen LogP contribution in [-0.4, -0.2) is 11.4 Å². The van der Waals surface area contributed by atoms with Gasteiger partial charge in [-0.25, -0.2) is 0 Å². The van der Waals surface area contributed by atoms with Gasteiger partial charge in [-0.05, 0) is 65.4 Å². The Kier molecular flexibility index (Phi) is 3.28. The summed E-state index contributed by atoms with van der Waals surface area (Å²) in [4.78, 5) is 0. The molecule has 16 heavy (non-hydrogen) atoms. The van der Waals surface area contributed by atoms with Crippen LogP contribution in [0, 0.1) is 10.5 Å². The van der Waals surface area contributed by atoms with Crippen molar-refractivity contribution in [3.8, 4) is 11.3 Å². The quantitative estimate of drug-likeness (QED) is 0.396. The predicted molar refractivity (Wildman–Crippen MR) is 71.0 cm³/mol. The topological polar surface area (TPSA) is 45.7 Å². The first-order chi connectivity index (χ1) is 7.70. The molecule has 3 nitrogen and oxygen atoms in total. The number of benzene rings is 1. The molecule has 0 atom stereocenters. The lowest BCUT2D eigenvalue weighted by atomic mass is 10.1. The minimum absolute atomic E-state index is 0.537. The highest BCUT2D eigenvalue weighted by molar-refractivity contribution is 14.1. The highest BCUT2D eigenvalue weighted by atomic mass is 127. The van der Waals surface area contributed by atoms with Crippen molar-refractivity contribution in [1.82, 2.24) is 0 Å². The average Bonchev–Trinajstić information content (AvgIpc) is 2.67. The maximum absolute atomic E-state index is 8.40. The molecule has 82 valence electrons. The smallest absolute Gasteiger partial charge is 0.149 e. The molecule has 1 heterocycles. The fourth-order valence-electron chi connectivity index (χ4n) is 1.53. The second-order valence-corrected chi connectivity index (χ2v) is 4.65. The summed E-state index contributed by atoms with van der Waals surface area (Å²) in [6.45, 7) is 2.04. The summed E-state index contributed by atoms with van der Waals surface area (Å²) in [6, 6.07) is 9.79. The van der Waals surface area contributed by atoms with Crippen molar-refractivity contribution in [1.29, 1.82) is 0 Å². The van der Waals surface area contributed by atoms with E-state index in [1.54, 1.807) is 6.07 Å². The third kappa shape index (κ3) is 2.27. The third-order valence-corrected chi connectivity index (χ3v) is 2.94. The van der Waals surface area contributed by atoms with Gasteiger partial charge in [0.25, 0.3) is 0 Å². The molecule has 0 aliphatic carbocycles. The summed E-state index contributed by atoms with van der Waals surface area (Å²) in [5.74, 6) is 1.32. The fraction of sp³-hybridized carbons (Fsp3) is 0.0833. The van der Waals surface area contributed by atoms with Crippen LogP contribution < -0.4 is 0 Å². The molecule has 0 radical (unpaired) electrons. The standard InChI is InChI=1S/C12H10INO2/c1-8-6-9(13)2-4-11(8)12-5-3-10(16-12)7-14-15/h2-7,15H,1H3/b14-7+. The van der Waals surface area contributed by atoms with Crippen LogP contribution in [-0.2, 0) is 0 Å². The second kappa shape index (κ2) is 4.69. The van der Waals surface area contributed by atoms with Gasteiger partial charge >= 0.3 is 0 Å². The number of aryl methyl sites for hydroxylation is 1.